The number of hydrogen-bond acceptors (Lipinski definition) is 5. The second-order valence-electron chi connectivity index (χ2n) is 5.48. The van der Waals surface area contributed by atoms with Crippen LogP contribution in [-0.2, 0) is 19.7 Å². The summed E-state index contributed by atoms with van der Waals surface area (Å²) in [7, 11) is -4.08. The highest BCUT2D eigenvalue weighted by Gasteiger charge is 2.30. The highest BCUT2D eigenvalue weighted by atomic mass is 32.2. The van der Waals surface area contributed by atoms with Gasteiger partial charge in [-0.2, -0.15) is 4.72 Å². The largest absolute Gasteiger partial charge is 0.480 e. The van der Waals surface area contributed by atoms with E-state index in [0.29, 0.717) is 5.56 Å². The van der Waals surface area contributed by atoms with E-state index in [-0.39, 0.29) is 11.5 Å². The summed E-state index contributed by atoms with van der Waals surface area (Å²) in [5.41, 5.74) is 0.293. The molecule has 2 aromatic rings. The van der Waals surface area contributed by atoms with E-state index >= 15 is 0 Å². The maximum absolute atomic E-state index is 12.6. The second kappa shape index (κ2) is 9.26. The van der Waals surface area contributed by atoms with Crippen molar-refractivity contribution in [1.82, 2.24) is 9.79 Å². The number of sulfonamides is 1. The predicted octanol–water partition coefficient (Wildman–Crippen LogP) is 1.51. The van der Waals surface area contributed by atoms with Crippen molar-refractivity contribution in [3.8, 4) is 0 Å². The first-order valence-corrected chi connectivity index (χ1v) is 9.63. The molecular weight excluding hydrogens is 372 g/mol. The molecule has 0 fully saturated rings. The average molecular weight is 392 g/mol. The highest BCUT2D eigenvalue weighted by Crippen LogP contribution is 2.11. The number of rotatable bonds is 9. The molecule has 0 radical (unpaired) electrons. The van der Waals surface area contributed by atoms with Crippen LogP contribution in [0.25, 0.3) is 0 Å². The molecule has 0 aromatic heterocycles. The Labute approximate surface area is 157 Å². The van der Waals surface area contributed by atoms with E-state index in [1.807, 2.05) is 0 Å². The van der Waals surface area contributed by atoms with Crippen molar-refractivity contribution in [3.63, 3.8) is 0 Å². The smallest absolute Gasteiger partial charge is 0.323 e. The fraction of sp³-hybridized carbons (Fsp3) is 0.222. The first kappa shape index (κ1) is 20.6. The summed E-state index contributed by atoms with van der Waals surface area (Å²) < 4.78 is 26.9. The molecule has 9 heteroatoms. The summed E-state index contributed by atoms with van der Waals surface area (Å²) in [6.45, 7) is 1.24. The van der Waals surface area contributed by atoms with Crippen molar-refractivity contribution in [2.75, 3.05) is 13.2 Å². The Bertz CT molecular complexity index is 871. The standard InChI is InChI=1S/C18H20N2O6S/c1-2-26-20(17(21)14-9-5-3-6-10-14)13-16(18(22)23)19-27(24,25)15-11-7-4-8-12-15/h3-12,16,19H,2,13H2,1H3,(H,22,23)/t16-/m0/s1. The zero-order chi connectivity index (χ0) is 19.9. The number of carbonyl (C=O) groups excluding carboxylic acids is 1. The number of carboxylic acid groups (broad SMARTS) is 1. The number of hydroxylamine groups is 2. The van der Waals surface area contributed by atoms with E-state index in [1.54, 1.807) is 43.3 Å². The molecule has 2 aromatic carbocycles. The molecule has 0 saturated carbocycles. The maximum atomic E-state index is 12.6. The molecule has 0 spiro atoms. The van der Waals surface area contributed by atoms with Crippen molar-refractivity contribution in [2.24, 2.45) is 0 Å². The van der Waals surface area contributed by atoms with Crippen LogP contribution in [0.2, 0.25) is 0 Å². The average Bonchev–Trinajstić information content (AvgIpc) is 2.67. The van der Waals surface area contributed by atoms with Crippen molar-refractivity contribution in [3.05, 3.63) is 66.2 Å². The third kappa shape index (κ3) is 5.61. The predicted molar refractivity (Wildman–Crippen MR) is 97.3 cm³/mol. The summed E-state index contributed by atoms with van der Waals surface area (Å²) in [5.74, 6) is -2.00. The molecule has 144 valence electrons. The summed E-state index contributed by atoms with van der Waals surface area (Å²) in [6, 6.07) is 13.9. The summed E-state index contributed by atoms with van der Waals surface area (Å²) in [5, 5.41) is 10.3. The summed E-state index contributed by atoms with van der Waals surface area (Å²) >= 11 is 0. The molecule has 0 aliphatic carbocycles. The number of amides is 1. The topological polar surface area (TPSA) is 113 Å². The zero-order valence-electron chi connectivity index (χ0n) is 14.6. The van der Waals surface area contributed by atoms with Gasteiger partial charge in [0.2, 0.25) is 10.0 Å². The second-order valence-corrected chi connectivity index (χ2v) is 7.19. The highest BCUT2D eigenvalue weighted by molar-refractivity contribution is 7.89. The van der Waals surface area contributed by atoms with Gasteiger partial charge in [0.25, 0.3) is 5.91 Å². The Morgan fingerprint density at radius 2 is 1.63 bits per heavy atom. The molecule has 0 unspecified atom stereocenters. The van der Waals surface area contributed by atoms with Crippen molar-refractivity contribution in [2.45, 2.75) is 17.9 Å². The minimum atomic E-state index is -4.08. The molecule has 2 N–H and O–H groups in total. The van der Waals surface area contributed by atoms with Crippen molar-refractivity contribution >= 4 is 21.9 Å². The fourth-order valence-corrected chi connectivity index (χ4v) is 3.46. The van der Waals surface area contributed by atoms with Crippen LogP contribution < -0.4 is 4.72 Å². The van der Waals surface area contributed by atoms with Crippen LogP contribution in [0.4, 0.5) is 0 Å². The lowest BCUT2D eigenvalue weighted by molar-refractivity contribution is -0.147. The molecular formula is C18H20N2O6S. The minimum Gasteiger partial charge on any atom is -0.480 e. The molecule has 1 amide bonds. The third-order valence-electron chi connectivity index (χ3n) is 3.53. The molecule has 0 aliphatic rings. The molecule has 1 atom stereocenters. The molecule has 2 rings (SSSR count). The first-order valence-electron chi connectivity index (χ1n) is 8.15. The lowest BCUT2D eigenvalue weighted by Crippen LogP contribution is -2.49. The van der Waals surface area contributed by atoms with Crippen molar-refractivity contribution in [1.29, 1.82) is 0 Å². The van der Waals surface area contributed by atoms with E-state index in [2.05, 4.69) is 4.72 Å². The van der Waals surface area contributed by atoms with Gasteiger partial charge in [-0.1, -0.05) is 36.4 Å². The van der Waals surface area contributed by atoms with Gasteiger partial charge in [-0.3, -0.25) is 14.4 Å². The molecule has 0 bridgehead atoms. The SMILES string of the molecule is CCON(C[C@H](NS(=O)(=O)c1ccccc1)C(=O)O)C(=O)c1ccccc1. The lowest BCUT2D eigenvalue weighted by atomic mass is 10.2. The van der Waals surface area contributed by atoms with Crippen LogP contribution in [0, 0.1) is 0 Å². The van der Waals surface area contributed by atoms with Crippen LogP contribution in [0.5, 0.6) is 0 Å². The van der Waals surface area contributed by atoms with E-state index in [4.69, 9.17) is 4.84 Å². The number of hydrogen-bond donors (Lipinski definition) is 2. The fourth-order valence-electron chi connectivity index (χ4n) is 2.26. The van der Waals surface area contributed by atoms with E-state index in [0.717, 1.165) is 5.06 Å². The molecule has 8 nitrogen and oxygen atoms in total. The van der Waals surface area contributed by atoms with Crippen LogP contribution in [0.15, 0.2) is 65.6 Å². The van der Waals surface area contributed by atoms with Gasteiger partial charge >= 0.3 is 5.97 Å². The van der Waals surface area contributed by atoms with Gasteiger partial charge in [-0.25, -0.2) is 13.5 Å². The first-order chi connectivity index (χ1) is 12.8. The van der Waals surface area contributed by atoms with E-state index in [9.17, 15) is 23.1 Å². The van der Waals surface area contributed by atoms with Gasteiger partial charge in [-0.15, -0.1) is 0 Å². The summed E-state index contributed by atoms with van der Waals surface area (Å²) in [6.07, 6.45) is 0. The Morgan fingerprint density at radius 3 is 2.15 bits per heavy atom. The molecule has 27 heavy (non-hydrogen) atoms. The lowest BCUT2D eigenvalue weighted by Gasteiger charge is -2.25. The van der Waals surface area contributed by atoms with Crippen molar-refractivity contribution < 1.29 is 28.0 Å². The minimum absolute atomic E-state index is 0.0754. The quantitative estimate of drug-likeness (QED) is 0.626. The van der Waals surface area contributed by atoms with Crippen LogP contribution >= 0.6 is 0 Å². The zero-order valence-corrected chi connectivity index (χ0v) is 15.4. The number of nitrogens with zero attached hydrogens (tertiary/aromatic N) is 1. The number of benzene rings is 2. The van der Waals surface area contributed by atoms with Gasteiger partial charge in [0.05, 0.1) is 18.0 Å². The Kier molecular flexibility index (Phi) is 7.05. The van der Waals surface area contributed by atoms with Gasteiger partial charge in [0.1, 0.15) is 6.04 Å². The number of carbonyl (C=O) groups is 2. The normalized spacial score (nSPS) is 12.3. The van der Waals surface area contributed by atoms with E-state index in [1.165, 1.54) is 24.3 Å². The maximum Gasteiger partial charge on any atom is 0.323 e. The number of nitrogens with one attached hydrogen (secondary N) is 1. The van der Waals surface area contributed by atoms with E-state index < -0.39 is 34.5 Å². The van der Waals surface area contributed by atoms with Gasteiger partial charge in [-0.05, 0) is 31.2 Å². The van der Waals surface area contributed by atoms with Crippen LogP contribution in [0.1, 0.15) is 17.3 Å². The Morgan fingerprint density at radius 1 is 1.07 bits per heavy atom. The third-order valence-corrected chi connectivity index (χ3v) is 5.02. The molecule has 0 saturated heterocycles. The Balaban J connectivity index is 2.22. The monoisotopic (exact) mass is 392 g/mol. The Hall–Kier alpha value is -2.75. The van der Waals surface area contributed by atoms with Gasteiger partial charge in [0, 0.05) is 5.56 Å². The molecule has 0 heterocycles. The summed E-state index contributed by atoms with van der Waals surface area (Å²) in [4.78, 5) is 29.3. The molecule has 0 aliphatic heterocycles. The number of aliphatic carboxylic acids is 1. The van der Waals surface area contributed by atoms with Gasteiger partial charge < -0.3 is 5.11 Å². The van der Waals surface area contributed by atoms with Crippen LogP contribution in [-0.4, -0.2) is 49.7 Å². The number of carboxylic acids is 1. The van der Waals surface area contributed by atoms with Crippen LogP contribution in [0.3, 0.4) is 0 Å². The van der Waals surface area contributed by atoms with Gasteiger partial charge in [0.15, 0.2) is 0 Å².